The molecule has 1 saturated carbocycles. The molecule has 26 heavy (non-hydrogen) atoms. The van der Waals surface area contributed by atoms with Gasteiger partial charge in [-0.15, -0.1) is 11.3 Å². The molecule has 8 heteroatoms. The molecule has 1 N–H and O–H groups in total. The predicted octanol–water partition coefficient (Wildman–Crippen LogP) is 3.94. The number of anilines is 1. The Balaban J connectivity index is 1.70. The maximum atomic E-state index is 13.7. The number of hydrogen-bond donors (Lipinski definition) is 1. The summed E-state index contributed by atoms with van der Waals surface area (Å²) in [5.74, 6) is -2.46. The van der Waals surface area contributed by atoms with Gasteiger partial charge in [-0.2, -0.15) is 0 Å². The van der Waals surface area contributed by atoms with Crippen molar-refractivity contribution in [3.05, 3.63) is 46.5 Å². The molecule has 1 aromatic heterocycles. The second-order valence-electron chi connectivity index (χ2n) is 6.28. The number of aromatic nitrogens is 1. The van der Waals surface area contributed by atoms with Crippen LogP contribution in [0.2, 0.25) is 0 Å². The molecule has 1 fully saturated rings. The van der Waals surface area contributed by atoms with Crippen molar-refractivity contribution in [1.29, 1.82) is 0 Å². The van der Waals surface area contributed by atoms with Gasteiger partial charge in [0.1, 0.15) is 22.9 Å². The largest absolute Gasteiger partial charge is 0.337 e. The number of rotatable bonds is 7. The van der Waals surface area contributed by atoms with E-state index >= 15 is 0 Å². The maximum Gasteiger partial charge on any atom is 0.273 e. The summed E-state index contributed by atoms with van der Waals surface area (Å²) in [6.45, 7) is 3.37. The van der Waals surface area contributed by atoms with Gasteiger partial charge >= 0.3 is 0 Å². The molecule has 0 bridgehead atoms. The number of nitrogens with zero attached hydrogens (tertiary/aromatic N) is 2. The van der Waals surface area contributed by atoms with Crippen LogP contribution in [0.1, 0.15) is 47.0 Å². The molecule has 1 aliphatic carbocycles. The standard InChI is InChI=1S/C18H19F2N3O2S/c1-2-8-23(9-11-6-7-11)17(25)14-10-26-18(21-14)22-16(24)15-12(19)4-3-5-13(15)20/h3-5,10-11H,2,6-9H2,1H3,(H,21,22,24). The van der Waals surface area contributed by atoms with Crippen LogP contribution in [0.3, 0.4) is 0 Å². The number of nitrogens with one attached hydrogen (secondary N) is 1. The molecule has 138 valence electrons. The van der Waals surface area contributed by atoms with Gasteiger partial charge in [-0.25, -0.2) is 13.8 Å². The van der Waals surface area contributed by atoms with Crippen molar-refractivity contribution in [3.63, 3.8) is 0 Å². The lowest BCUT2D eigenvalue weighted by Crippen LogP contribution is -2.33. The van der Waals surface area contributed by atoms with Gasteiger partial charge in [0.25, 0.3) is 11.8 Å². The van der Waals surface area contributed by atoms with E-state index in [9.17, 15) is 18.4 Å². The van der Waals surface area contributed by atoms with Gasteiger partial charge in [-0.05, 0) is 37.3 Å². The van der Waals surface area contributed by atoms with Crippen LogP contribution < -0.4 is 5.32 Å². The summed E-state index contributed by atoms with van der Waals surface area (Å²) in [5.41, 5.74) is -0.440. The summed E-state index contributed by atoms with van der Waals surface area (Å²) in [7, 11) is 0. The van der Waals surface area contributed by atoms with E-state index in [0.717, 1.165) is 42.7 Å². The third-order valence-electron chi connectivity index (χ3n) is 4.09. The van der Waals surface area contributed by atoms with Gasteiger partial charge in [-0.3, -0.25) is 14.9 Å². The average Bonchev–Trinajstić information content (AvgIpc) is 3.30. The Kier molecular flexibility index (Phi) is 5.61. The van der Waals surface area contributed by atoms with Gasteiger partial charge in [0.15, 0.2) is 5.13 Å². The monoisotopic (exact) mass is 379 g/mol. The van der Waals surface area contributed by atoms with Crippen LogP contribution >= 0.6 is 11.3 Å². The van der Waals surface area contributed by atoms with Crippen molar-refractivity contribution < 1.29 is 18.4 Å². The number of halogens is 2. The van der Waals surface area contributed by atoms with Crippen LogP contribution in [-0.2, 0) is 0 Å². The van der Waals surface area contributed by atoms with Crippen molar-refractivity contribution in [2.75, 3.05) is 18.4 Å². The summed E-state index contributed by atoms with van der Waals surface area (Å²) in [5, 5.41) is 4.03. The highest BCUT2D eigenvalue weighted by molar-refractivity contribution is 7.14. The molecule has 0 saturated heterocycles. The van der Waals surface area contributed by atoms with Crippen molar-refractivity contribution >= 4 is 28.3 Å². The van der Waals surface area contributed by atoms with Crippen LogP contribution in [0, 0.1) is 17.6 Å². The van der Waals surface area contributed by atoms with Crippen LogP contribution in [0.25, 0.3) is 0 Å². The quantitative estimate of drug-likeness (QED) is 0.793. The number of amides is 2. The van der Waals surface area contributed by atoms with E-state index in [-0.39, 0.29) is 16.7 Å². The molecule has 3 rings (SSSR count). The average molecular weight is 379 g/mol. The molecule has 2 amide bonds. The lowest BCUT2D eigenvalue weighted by Gasteiger charge is -2.20. The van der Waals surface area contributed by atoms with Crippen molar-refractivity contribution in [1.82, 2.24) is 9.88 Å². The van der Waals surface area contributed by atoms with Crippen molar-refractivity contribution in [3.8, 4) is 0 Å². The summed E-state index contributed by atoms with van der Waals surface area (Å²) >= 11 is 1.05. The van der Waals surface area contributed by atoms with E-state index in [1.54, 1.807) is 10.3 Å². The molecule has 5 nitrogen and oxygen atoms in total. The van der Waals surface area contributed by atoms with Crippen molar-refractivity contribution in [2.24, 2.45) is 5.92 Å². The molecule has 1 aromatic carbocycles. The molecule has 2 aromatic rings. The zero-order chi connectivity index (χ0) is 18.7. The van der Waals surface area contributed by atoms with E-state index in [1.807, 2.05) is 6.92 Å². The summed E-state index contributed by atoms with van der Waals surface area (Å²) in [6.07, 6.45) is 3.12. The van der Waals surface area contributed by atoms with E-state index in [0.29, 0.717) is 19.0 Å². The van der Waals surface area contributed by atoms with Gasteiger partial charge in [0.2, 0.25) is 0 Å². The predicted molar refractivity (Wildman–Crippen MR) is 95.3 cm³/mol. The van der Waals surface area contributed by atoms with Gasteiger partial charge < -0.3 is 4.90 Å². The first-order valence-corrected chi connectivity index (χ1v) is 9.37. The second kappa shape index (κ2) is 7.90. The Hall–Kier alpha value is -2.35. The van der Waals surface area contributed by atoms with Gasteiger partial charge in [0, 0.05) is 18.5 Å². The van der Waals surface area contributed by atoms with Gasteiger partial charge in [0.05, 0.1) is 0 Å². The first kappa shape index (κ1) is 18.4. The lowest BCUT2D eigenvalue weighted by atomic mass is 10.2. The molecule has 0 atom stereocenters. The van der Waals surface area contributed by atoms with Crippen LogP contribution in [0.4, 0.5) is 13.9 Å². The third kappa shape index (κ3) is 4.24. The summed E-state index contributed by atoms with van der Waals surface area (Å²) in [4.78, 5) is 30.6. The smallest absolute Gasteiger partial charge is 0.273 e. The molecule has 0 aliphatic heterocycles. The van der Waals surface area contributed by atoms with Gasteiger partial charge in [-0.1, -0.05) is 13.0 Å². The Morgan fingerprint density at radius 1 is 1.31 bits per heavy atom. The highest BCUT2D eigenvalue weighted by Crippen LogP contribution is 2.30. The van der Waals surface area contributed by atoms with Crippen LogP contribution in [0.15, 0.2) is 23.6 Å². The zero-order valence-corrected chi connectivity index (χ0v) is 15.1. The Morgan fingerprint density at radius 2 is 2.00 bits per heavy atom. The molecular weight excluding hydrogens is 360 g/mol. The normalized spacial score (nSPS) is 13.5. The van der Waals surface area contributed by atoms with E-state index in [1.165, 1.54) is 6.07 Å². The molecule has 0 radical (unpaired) electrons. The third-order valence-corrected chi connectivity index (χ3v) is 4.85. The SMILES string of the molecule is CCCN(CC1CC1)C(=O)c1csc(NC(=O)c2c(F)cccc2F)n1. The van der Waals surface area contributed by atoms with E-state index in [2.05, 4.69) is 10.3 Å². The van der Waals surface area contributed by atoms with E-state index < -0.39 is 23.1 Å². The minimum absolute atomic E-state index is 0.129. The summed E-state index contributed by atoms with van der Waals surface area (Å²) < 4.78 is 27.4. The number of carbonyl (C=O) groups is 2. The second-order valence-corrected chi connectivity index (χ2v) is 7.14. The molecule has 1 heterocycles. The summed E-state index contributed by atoms with van der Waals surface area (Å²) in [6, 6.07) is 3.20. The number of thiazole rings is 1. The molecule has 0 spiro atoms. The highest BCUT2D eigenvalue weighted by atomic mass is 32.1. The fourth-order valence-corrected chi connectivity index (χ4v) is 3.30. The Morgan fingerprint density at radius 3 is 2.62 bits per heavy atom. The Bertz CT molecular complexity index is 800. The molecular formula is C18H19F2N3O2S. The first-order chi connectivity index (χ1) is 12.5. The molecule has 0 unspecified atom stereocenters. The molecule has 1 aliphatic rings. The minimum Gasteiger partial charge on any atom is -0.337 e. The number of carbonyl (C=O) groups excluding carboxylic acids is 2. The van der Waals surface area contributed by atoms with Crippen molar-refractivity contribution in [2.45, 2.75) is 26.2 Å². The highest BCUT2D eigenvalue weighted by Gasteiger charge is 2.28. The van der Waals surface area contributed by atoms with E-state index in [4.69, 9.17) is 0 Å². The maximum absolute atomic E-state index is 13.7. The number of benzene rings is 1. The van der Waals surface area contributed by atoms with Crippen LogP contribution in [0.5, 0.6) is 0 Å². The van der Waals surface area contributed by atoms with Crippen LogP contribution in [-0.4, -0.2) is 34.8 Å². The zero-order valence-electron chi connectivity index (χ0n) is 14.3. The minimum atomic E-state index is -0.950. The fraction of sp³-hybridized carbons (Fsp3) is 0.389. The number of hydrogen-bond acceptors (Lipinski definition) is 4. The Labute approximate surface area is 154 Å². The fourth-order valence-electron chi connectivity index (χ4n) is 2.62. The first-order valence-electron chi connectivity index (χ1n) is 8.49. The lowest BCUT2D eigenvalue weighted by molar-refractivity contribution is 0.0742. The topological polar surface area (TPSA) is 62.3 Å².